The van der Waals surface area contributed by atoms with Gasteiger partial charge >= 0.3 is 12.0 Å². The first-order valence-corrected chi connectivity index (χ1v) is 13.5. The molecule has 0 bridgehead atoms. The van der Waals surface area contributed by atoms with Crippen molar-refractivity contribution in [3.8, 4) is 0 Å². The minimum atomic E-state index is -1.31. The highest BCUT2D eigenvalue weighted by Crippen LogP contribution is 2.30. The number of nitrogens with one attached hydrogen (secondary N) is 3. The lowest BCUT2D eigenvalue weighted by molar-refractivity contribution is -0.145. The molecule has 7 nitrogen and oxygen atoms in total. The van der Waals surface area contributed by atoms with Crippen LogP contribution in [0.2, 0.25) is 0 Å². The molecule has 0 saturated heterocycles. The highest BCUT2D eigenvalue weighted by Gasteiger charge is 2.40. The van der Waals surface area contributed by atoms with E-state index in [0.717, 1.165) is 66.1 Å². The molecule has 1 fully saturated rings. The van der Waals surface area contributed by atoms with Crippen molar-refractivity contribution >= 4 is 40.1 Å². The number of aryl methyl sites for hydroxylation is 3. The monoisotopic (exact) mass is 515 g/mol. The van der Waals surface area contributed by atoms with Gasteiger partial charge in [-0.05, 0) is 72.7 Å². The molecule has 0 aliphatic heterocycles. The molecule has 0 spiro atoms. The predicted molar refractivity (Wildman–Crippen MR) is 152 cm³/mol. The van der Waals surface area contributed by atoms with Crippen molar-refractivity contribution in [3.05, 3.63) is 70.8 Å². The van der Waals surface area contributed by atoms with E-state index in [1.807, 2.05) is 38.1 Å². The van der Waals surface area contributed by atoms with Crippen LogP contribution >= 0.6 is 0 Å². The Balaban J connectivity index is 1.64. The molecule has 1 aliphatic carbocycles. The summed E-state index contributed by atoms with van der Waals surface area (Å²) in [6, 6.07) is 14.7. The first-order valence-electron chi connectivity index (χ1n) is 13.5. The minimum absolute atomic E-state index is 0.232. The molecule has 3 aromatic carbocycles. The van der Waals surface area contributed by atoms with Gasteiger partial charge in [0.15, 0.2) is 0 Å². The Morgan fingerprint density at radius 1 is 0.868 bits per heavy atom. The summed E-state index contributed by atoms with van der Waals surface area (Å²) in [4.78, 5) is 39.1. The number of fused-ring (bicyclic) bond motifs is 1. The van der Waals surface area contributed by atoms with Gasteiger partial charge < -0.3 is 21.1 Å². The summed E-state index contributed by atoms with van der Waals surface area (Å²) in [5.41, 5.74) is 3.15. The van der Waals surface area contributed by atoms with E-state index in [0.29, 0.717) is 18.5 Å². The Hall–Kier alpha value is -3.87. The number of benzene rings is 3. The van der Waals surface area contributed by atoms with Gasteiger partial charge in [0.25, 0.3) is 5.91 Å². The van der Waals surface area contributed by atoms with E-state index < -0.39 is 23.4 Å². The second kappa shape index (κ2) is 11.7. The number of urea groups is 1. The van der Waals surface area contributed by atoms with Gasteiger partial charge in [-0.15, -0.1) is 0 Å². The maximum atomic E-state index is 13.6. The van der Waals surface area contributed by atoms with Crippen LogP contribution in [-0.2, 0) is 11.2 Å². The first kappa shape index (κ1) is 27.2. The average Bonchev–Trinajstić information content (AvgIpc) is 3.12. The summed E-state index contributed by atoms with van der Waals surface area (Å²) < 4.78 is 0. The molecule has 38 heavy (non-hydrogen) atoms. The summed E-state index contributed by atoms with van der Waals surface area (Å²) >= 11 is 0. The molecule has 0 heterocycles. The fraction of sp³-hybridized carbons (Fsp3) is 0.387. The smallest absolute Gasteiger partial charge is 0.329 e. The van der Waals surface area contributed by atoms with E-state index in [9.17, 15) is 19.5 Å². The van der Waals surface area contributed by atoms with Gasteiger partial charge in [0.05, 0.1) is 11.3 Å². The number of hydrogen-bond acceptors (Lipinski definition) is 3. The van der Waals surface area contributed by atoms with Gasteiger partial charge in [-0.2, -0.15) is 0 Å². The Kier molecular flexibility index (Phi) is 8.35. The number of carbonyl (C=O) groups excluding carboxylic acids is 2. The first-order chi connectivity index (χ1) is 18.2. The summed E-state index contributed by atoms with van der Waals surface area (Å²) in [6.07, 6.45) is 6.18. The summed E-state index contributed by atoms with van der Waals surface area (Å²) in [5.74, 6) is -1.52. The van der Waals surface area contributed by atoms with E-state index in [2.05, 4.69) is 35.0 Å². The second-order valence-corrected chi connectivity index (χ2v) is 10.4. The molecule has 1 saturated carbocycles. The average molecular weight is 516 g/mol. The Labute approximate surface area is 224 Å². The Bertz CT molecular complexity index is 1330. The predicted octanol–water partition coefficient (Wildman–Crippen LogP) is 6.96. The summed E-state index contributed by atoms with van der Waals surface area (Å²) in [7, 11) is 0. The van der Waals surface area contributed by atoms with Gasteiger partial charge in [-0.3, -0.25) is 4.79 Å². The van der Waals surface area contributed by atoms with E-state index in [-0.39, 0.29) is 5.56 Å². The SMILES string of the molecule is CCCc1cc(C)c(NC(=O)Nc2cc3ccccc3cc2C(=O)NC2(C(=O)O)CCCCCC2)c(C)c1. The van der Waals surface area contributed by atoms with Crippen LogP contribution < -0.4 is 16.0 Å². The topological polar surface area (TPSA) is 108 Å². The normalized spacial score (nSPS) is 14.9. The standard InChI is InChI=1S/C31H37N3O4/c1-4-11-22-16-20(2)27(21(3)17-22)33-30(38)32-26-19-24-13-8-7-12-23(24)18-25(26)28(35)34-31(29(36)37)14-9-5-6-10-15-31/h7-8,12-13,16-19H,4-6,9-11,14-15H2,1-3H3,(H,34,35)(H,36,37)(H2,32,33,38). The zero-order valence-electron chi connectivity index (χ0n) is 22.4. The highest BCUT2D eigenvalue weighted by molar-refractivity contribution is 6.10. The molecule has 0 atom stereocenters. The van der Waals surface area contributed by atoms with Crippen molar-refractivity contribution < 1.29 is 19.5 Å². The molecule has 0 radical (unpaired) electrons. The fourth-order valence-electron chi connectivity index (χ4n) is 5.49. The molecule has 4 N–H and O–H groups in total. The van der Waals surface area contributed by atoms with E-state index >= 15 is 0 Å². The third-order valence-electron chi connectivity index (χ3n) is 7.47. The summed E-state index contributed by atoms with van der Waals surface area (Å²) in [5, 5.41) is 20.4. The number of anilines is 2. The maximum Gasteiger partial charge on any atom is 0.329 e. The third kappa shape index (κ3) is 5.98. The molecule has 0 aromatic heterocycles. The lowest BCUT2D eigenvalue weighted by Gasteiger charge is -2.29. The van der Waals surface area contributed by atoms with E-state index in [1.165, 1.54) is 5.56 Å². The van der Waals surface area contributed by atoms with Crippen LogP contribution in [0.5, 0.6) is 0 Å². The van der Waals surface area contributed by atoms with Crippen molar-refractivity contribution in [1.82, 2.24) is 5.32 Å². The van der Waals surface area contributed by atoms with Crippen molar-refractivity contribution in [1.29, 1.82) is 0 Å². The zero-order chi connectivity index (χ0) is 27.3. The second-order valence-electron chi connectivity index (χ2n) is 10.4. The minimum Gasteiger partial charge on any atom is -0.480 e. The molecular formula is C31H37N3O4. The molecule has 200 valence electrons. The van der Waals surface area contributed by atoms with Crippen LogP contribution in [0.15, 0.2) is 48.5 Å². The maximum absolute atomic E-state index is 13.6. The Morgan fingerprint density at radius 2 is 1.47 bits per heavy atom. The van der Waals surface area contributed by atoms with Gasteiger partial charge in [0, 0.05) is 5.69 Å². The molecule has 7 heteroatoms. The van der Waals surface area contributed by atoms with Gasteiger partial charge in [-0.25, -0.2) is 9.59 Å². The number of carbonyl (C=O) groups is 3. The molecule has 1 aliphatic rings. The van der Waals surface area contributed by atoms with E-state index in [1.54, 1.807) is 12.1 Å². The van der Waals surface area contributed by atoms with Gasteiger partial charge in [0.1, 0.15) is 5.54 Å². The van der Waals surface area contributed by atoms with Crippen molar-refractivity contribution in [2.24, 2.45) is 0 Å². The van der Waals surface area contributed by atoms with Crippen LogP contribution in [0.25, 0.3) is 10.8 Å². The highest BCUT2D eigenvalue weighted by atomic mass is 16.4. The third-order valence-corrected chi connectivity index (χ3v) is 7.47. The quantitative estimate of drug-likeness (QED) is 0.255. The van der Waals surface area contributed by atoms with Crippen LogP contribution in [0, 0.1) is 13.8 Å². The lowest BCUT2D eigenvalue weighted by Crippen LogP contribution is -2.54. The van der Waals surface area contributed by atoms with Crippen LogP contribution in [0.4, 0.5) is 16.2 Å². The van der Waals surface area contributed by atoms with E-state index in [4.69, 9.17) is 0 Å². The van der Waals surface area contributed by atoms with Crippen LogP contribution in [0.3, 0.4) is 0 Å². The largest absolute Gasteiger partial charge is 0.480 e. The number of hydrogen-bond donors (Lipinski definition) is 4. The number of aliphatic carboxylic acids is 1. The molecule has 4 rings (SSSR count). The van der Waals surface area contributed by atoms with Crippen LogP contribution in [-0.4, -0.2) is 28.6 Å². The van der Waals surface area contributed by atoms with Crippen LogP contribution in [0.1, 0.15) is 78.9 Å². The lowest BCUT2D eigenvalue weighted by atomic mass is 9.89. The number of rotatable bonds is 7. The zero-order valence-corrected chi connectivity index (χ0v) is 22.4. The Morgan fingerprint density at radius 3 is 2.05 bits per heavy atom. The molecule has 3 aromatic rings. The van der Waals surface area contributed by atoms with Gasteiger partial charge in [-0.1, -0.05) is 75.4 Å². The summed E-state index contributed by atoms with van der Waals surface area (Å²) in [6.45, 7) is 6.07. The number of amides is 3. The molecule has 3 amide bonds. The molecule has 0 unspecified atom stereocenters. The van der Waals surface area contributed by atoms with Gasteiger partial charge in [0.2, 0.25) is 0 Å². The number of carboxylic acids is 1. The number of carboxylic acid groups (broad SMARTS) is 1. The van der Waals surface area contributed by atoms with Crippen molar-refractivity contribution in [2.45, 2.75) is 77.7 Å². The van der Waals surface area contributed by atoms with Crippen molar-refractivity contribution in [3.63, 3.8) is 0 Å². The van der Waals surface area contributed by atoms with Crippen molar-refractivity contribution in [2.75, 3.05) is 10.6 Å². The fourth-order valence-corrected chi connectivity index (χ4v) is 5.49. The molecular weight excluding hydrogens is 478 g/mol.